The lowest BCUT2D eigenvalue weighted by molar-refractivity contribution is -0.143. The van der Waals surface area contributed by atoms with Crippen molar-refractivity contribution in [1.82, 2.24) is 4.90 Å². The van der Waals surface area contributed by atoms with Crippen molar-refractivity contribution in [3.05, 3.63) is 63.6 Å². The van der Waals surface area contributed by atoms with Crippen LogP contribution >= 0.6 is 23.2 Å². The largest absolute Gasteiger partial charge is 0.481 e. The van der Waals surface area contributed by atoms with Gasteiger partial charge in [0.05, 0.1) is 16.5 Å². The maximum absolute atomic E-state index is 12.5. The number of carboxylic acid groups (broad SMARTS) is 1. The number of carbonyl (C=O) groups excluding carboxylic acids is 1. The maximum atomic E-state index is 12.5. The summed E-state index contributed by atoms with van der Waals surface area (Å²) in [6.07, 6.45) is 1.33. The van der Waals surface area contributed by atoms with Crippen LogP contribution in [-0.4, -0.2) is 35.0 Å². The van der Waals surface area contributed by atoms with E-state index in [0.717, 1.165) is 18.7 Å². The summed E-state index contributed by atoms with van der Waals surface area (Å²) in [6.45, 7) is 2.23. The van der Waals surface area contributed by atoms with Crippen LogP contribution in [0.2, 0.25) is 10.0 Å². The van der Waals surface area contributed by atoms with Gasteiger partial charge < -0.3 is 10.4 Å². The second kappa shape index (κ2) is 8.74. The van der Waals surface area contributed by atoms with Crippen LogP contribution in [0.1, 0.15) is 28.8 Å². The molecule has 27 heavy (non-hydrogen) atoms. The molecule has 1 amide bonds. The topological polar surface area (TPSA) is 69.6 Å². The van der Waals surface area contributed by atoms with Crippen LogP contribution in [0.5, 0.6) is 0 Å². The zero-order valence-electron chi connectivity index (χ0n) is 14.6. The van der Waals surface area contributed by atoms with Crippen molar-refractivity contribution < 1.29 is 14.7 Å². The van der Waals surface area contributed by atoms with E-state index < -0.39 is 5.97 Å². The molecule has 3 rings (SSSR count). The summed E-state index contributed by atoms with van der Waals surface area (Å²) in [6, 6.07) is 12.4. The Morgan fingerprint density at radius 3 is 2.56 bits per heavy atom. The lowest BCUT2D eigenvalue weighted by Crippen LogP contribution is -2.35. The van der Waals surface area contributed by atoms with E-state index in [-0.39, 0.29) is 11.8 Å². The molecule has 0 aliphatic carbocycles. The Hall–Kier alpha value is -2.08. The fourth-order valence-corrected chi connectivity index (χ4v) is 3.59. The SMILES string of the molecule is O=C(Nc1cccc(CN2CCC(C(=O)O)CC2)c1)c1cc(Cl)ccc1Cl. The van der Waals surface area contributed by atoms with E-state index in [4.69, 9.17) is 28.3 Å². The average molecular weight is 407 g/mol. The van der Waals surface area contributed by atoms with Gasteiger partial charge in [-0.15, -0.1) is 0 Å². The third kappa shape index (κ3) is 5.22. The minimum absolute atomic E-state index is 0.241. The van der Waals surface area contributed by atoms with Gasteiger partial charge >= 0.3 is 5.97 Å². The predicted octanol–water partition coefficient (Wildman–Crippen LogP) is 4.54. The Morgan fingerprint density at radius 1 is 1.11 bits per heavy atom. The number of likely N-dealkylation sites (tertiary alicyclic amines) is 1. The molecule has 1 fully saturated rings. The van der Waals surface area contributed by atoms with Crippen molar-refractivity contribution in [1.29, 1.82) is 0 Å². The van der Waals surface area contributed by atoms with Crippen LogP contribution in [-0.2, 0) is 11.3 Å². The highest BCUT2D eigenvalue weighted by atomic mass is 35.5. The van der Waals surface area contributed by atoms with Crippen LogP contribution in [0.3, 0.4) is 0 Å². The molecule has 5 nitrogen and oxygen atoms in total. The van der Waals surface area contributed by atoms with Crippen molar-refractivity contribution in [2.45, 2.75) is 19.4 Å². The van der Waals surface area contributed by atoms with Crippen LogP contribution < -0.4 is 5.32 Å². The van der Waals surface area contributed by atoms with Gasteiger partial charge in [-0.2, -0.15) is 0 Å². The molecular weight excluding hydrogens is 387 g/mol. The molecule has 7 heteroatoms. The van der Waals surface area contributed by atoms with Crippen LogP contribution in [0.15, 0.2) is 42.5 Å². The van der Waals surface area contributed by atoms with Gasteiger partial charge in [-0.3, -0.25) is 14.5 Å². The number of aliphatic carboxylic acids is 1. The fraction of sp³-hybridized carbons (Fsp3) is 0.300. The highest BCUT2D eigenvalue weighted by molar-refractivity contribution is 6.36. The maximum Gasteiger partial charge on any atom is 0.306 e. The zero-order valence-corrected chi connectivity index (χ0v) is 16.1. The van der Waals surface area contributed by atoms with E-state index in [1.54, 1.807) is 12.1 Å². The van der Waals surface area contributed by atoms with E-state index in [1.165, 1.54) is 6.07 Å². The first-order chi connectivity index (χ1) is 12.9. The smallest absolute Gasteiger partial charge is 0.306 e. The number of benzene rings is 2. The third-order valence-corrected chi connectivity index (χ3v) is 5.27. The van der Waals surface area contributed by atoms with Gasteiger partial charge in [0.2, 0.25) is 0 Å². The molecule has 0 aromatic heterocycles. The zero-order chi connectivity index (χ0) is 19.4. The Kier molecular flexibility index (Phi) is 6.37. The average Bonchev–Trinajstić information content (AvgIpc) is 2.64. The first kappa shape index (κ1) is 19.7. The highest BCUT2D eigenvalue weighted by Gasteiger charge is 2.24. The lowest BCUT2D eigenvalue weighted by atomic mass is 9.97. The monoisotopic (exact) mass is 406 g/mol. The molecule has 1 heterocycles. The van der Waals surface area contributed by atoms with Crippen molar-refractivity contribution in [2.24, 2.45) is 5.92 Å². The van der Waals surface area contributed by atoms with E-state index in [9.17, 15) is 9.59 Å². The van der Waals surface area contributed by atoms with Crippen molar-refractivity contribution >= 4 is 40.8 Å². The number of nitrogens with one attached hydrogen (secondary N) is 1. The molecule has 0 atom stereocenters. The summed E-state index contributed by atoms with van der Waals surface area (Å²) in [5.41, 5.74) is 2.05. The number of halogens is 2. The number of piperidine rings is 1. The van der Waals surface area contributed by atoms with Gasteiger partial charge in [0.25, 0.3) is 5.91 Å². The van der Waals surface area contributed by atoms with E-state index >= 15 is 0 Å². The Bertz CT molecular complexity index is 849. The number of carboxylic acids is 1. The second-order valence-electron chi connectivity index (χ2n) is 6.67. The molecular formula is C20H20Cl2N2O3. The third-order valence-electron chi connectivity index (χ3n) is 4.70. The number of anilines is 1. The van der Waals surface area contributed by atoms with Crippen LogP contribution in [0.25, 0.3) is 0 Å². The van der Waals surface area contributed by atoms with E-state index in [2.05, 4.69) is 10.2 Å². The number of hydrogen-bond donors (Lipinski definition) is 2. The minimum Gasteiger partial charge on any atom is -0.481 e. The van der Waals surface area contributed by atoms with Gasteiger partial charge in [-0.1, -0.05) is 35.3 Å². The summed E-state index contributed by atoms with van der Waals surface area (Å²) in [5, 5.41) is 12.7. The first-order valence-electron chi connectivity index (χ1n) is 8.73. The Morgan fingerprint density at radius 2 is 1.85 bits per heavy atom. The number of nitrogens with zero attached hydrogens (tertiary/aromatic N) is 1. The summed E-state index contributed by atoms with van der Waals surface area (Å²) in [5.74, 6) is -1.27. The standard InChI is InChI=1S/C20H20Cl2N2O3/c21-15-4-5-18(22)17(11-15)19(25)23-16-3-1-2-13(10-16)12-24-8-6-14(7-9-24)20(26)27/h1-5,10-11,14H,6-9,12H2,(H,23,25)(H,26,27). The van der Waals surface area contributed by atoms with Gasteiger partial charge in [-0.05, 0) is 61.8 Å². The van der Waals surface area contributed by atoms with Crippen molar-refractivity contribution in [3.8, 4) is 0 Å². The number of rotatable bonds is 5. The van der Waals surface area contributed by atoms with Gasteiger partial charge in [-0.25, -0.2) is 0 Å². The van der Waals surface area contributed by atoms with Gasteiger partial charge in [0.1, 0.15) is 0 Å². The number of amides is 1. The van der Waals surface area contributed by atoms with Crippen molar-refractivity contribution in [3.63, 3.8) is 0 Å². The fourth-order valence-electron chi connectivity index (χ4n) is 3.21. The highest BCUT2D eigenvalue weighted by Crippen LogP contribution is 2.23. The summed E-state index contributed by atoms with van der Waals surface area (Å²) >= 11 is 12.0. The molecule has 1 aliphatic heterocycles. The first-order valence-corrected chi connectivity index (χ1v) is 9.48. The normalized spacial score (nSPS) is 15.5. The molecule has 142 valence electrons. The van der Waals surface area contributed by atoms with Gasteiger partial charge in [0.15, 0.2) is 0 Å². The molecule has 2 N–H and O–H groups in total. The predicted molar refractivity (Wildman–Crippen MR) is 106 cm³/mol. The second-order valence-corrected chi connectivity index (χ2v) is 7.51. The number of carbonyl (C=O) groups is 2. The minimum atomic E-state index is -0.709. The lowest BCUT2D eigenvalue weighted by Gasteiger charge is -2.30. The summed E-state index contributed by atoms with van der Waals surface area (Å²) in [4.78, 5) is 25.8. The molecule has 0 unspecified atom stereocenters. The summed E-state index contributed by atoms with van der Waals surface area (Å²) in [7, 11) is 0. The molecule has 2 aromatic carbocycles. The number of hydrogen-bond acceptors (Lipinski definition) is 3. The quantitative estimate of drug-likeness (QED) is 0.764. The molecule has 0 bridgehead atoms. The molecule has 0 spiro atoms. The molecule has 2 aromatic rings. The van der Waals surface area contributed by atoms with E-state index in [1.807, 2.05) is 24.3 Å². The molecule has 1 saturated heterocycles. The van der Waals surface area contributed by atoms with Crippen LogP contribution in [0.4, 0.5) is 5.69 Å². The van der Waals surface area contributed by atoms with Crippen molar-refractivity contribution in [2.75, 3.05) is 18.4 Å². The Balaban J connectivity index is 1.63. The summed E-state index contributed by atoms with van der Waals surface area (Å²) < 4.78 is 0. The van der Waals surface area contributed by atoms with Gasteiger partial charge in [0, 0.05) is 17.3 Å². The van der Waals surface area contributed by atoms with E-state index in [0.29, 0.717) is 40.7 Å². The molecule has 0 radical (unpaired) electrons. The van der Waals surface area contributed by atoms with Crippen LogP contribution in [0, 0.1) is 5.92 Å². The molecule has 0 saturated carbocycles. The Labute approximate surface area is 167 Å². The molecule has 1 aliphatic rings.